The van der Waals surface area contributed by atoms with Crippen LogP contribution in [0, 0.1) is 17.2 Å². The molecule has 0 amide bonds. The van der Waals surface area contributed by atoms with E-state index in [-0.39, 0.29) is 17.9 Å². The lowest BCUT2D eigenvalue weighted by Crippen LogP contribution is -2.48. The van der Waals surface area contributed by atoms with Gasteiger partial charge in [-0.2, -0.15) is 4.80 Å². The third kappa shape index (κ3) is 3.68. The molecular weight excluding hydrogens is 452 g/mol. The molecule has 3 N–H and O–H groups in total. The highest BCUT2D eigenvalue weighted by Gasteiger charge is 2.52. The van der Waals surface area contributed by atoms with Gasteiger partial charge in [0.1, 0.15) is 18.2 Å². The number of benzene rings is 2. The van der Waals surface area contributed by atoms with Gasteiger partial charge in [0.25, 0.3) is 0 Å². The summed E-state index contributed by atoms with van der Waals surface area (Å²) in [6.07, 6.45) is 11.9. The van der Waals surface area contributed by atoms with Crippen LogP contribution < -0.4 is 10.5 Å². The van der Waals surface area contributed by atoms with Crippen molar-refractivity contribution in [3.63, 3.8) is 0 Å². The summed E-state index contributed by atoms with van der Waals surface area (Å²) in [5.74, 6) is 2.69. The van der Waals surface area contributed by atoms with Crippen LogP contribution in [0.3, 0.4) is 0 Å². The Morgan fingerprint density at radius 3 is 2.42 bits per heavy atom. The second-order valence-corrected chi connectivity index (χ2v) is 10.2. The summed E-state index contributed by atoms with van der Waals surface area (Å²) in [5, 5.41) is 20.4. The fraction of sp³-hybridized carbons (Fsp3) is 0.357. The van der Waals surface area contributed by atoms with Crippen LogP contribution in [0.5, 0.6) is 5.75 Å². The second-order valence-electron chi connectivity index (χ2n) is 10.2. The number of hydrogen-bond donors (Lipinski definition) is 2. The number of fused-ring (bicyclic) bond motifs is 2. The smallest absolute Gasteiger partial charge is 0.216 e. The van der Waals surface area contributed by atoms with Crippen LogP contribution in [0.4, 0.5) is 0 Å². The largest absolute Gasteiger partial charge is 0.489 e. The summed E-state index contributed by atoms with van der Waals surface area (Å²) in [4.78, 5) is 1.48. The third-order valence-electron chi connectivity index (χ3n) is 8.13. The van der Waals surface area contributed by atoms with Gasteiger partial charge >= 0.3 is 0 Å². The Bertz CT molecular complexity index is 1330. The highest BCUT2D eigenvalue weighted by molar-refractivity contribution is 5.89. The second kappa shape index (κ2) is 8.62. The number of nitrogens with zero attached hydrogens (tertiary/aromatic N) is 4. The summed E-state index contributed by atoms with van der Waals surface area (Å²) < 4.78 is 11.7. The minimum atomic E-state index is -1.07. The van der Waals surface area contributed by atoms with Crippen LogP contribution in [-0.2, 0) is 17.2 Å². The van der Waals surface area contributed by atoms with E-state index in [0.29, 0.717) is 11.7 Å². The zero-order valence-corrected chi connectivity index (χ0v) is 20.3. The highest BCUT2D eigenvalue weighted by Crippen LogP contribution is 2.60. The molecule has 184 valence electrons. The van der Waals surface area contributed by atoms with Crippen LogP contribution in [0.25, 0.3) is 11.4 Å². The molecule has 8 heteroatoms. The Labute approximate surface area is 210 Å². The number of rotatable bonds is 7. The van der Waals surface area contributed by atoms with Crippen molar-refractivity contribution in [2.24, 2.45) is 24.6 Å². The molecule has 2 saturated carbocycles. The Morgan fingerprint density at radius 2 is 1.86 bits per heavy atom. The van der Waals surface area contributed by atoms with Gasteiger partial charge in [-0.05, 0) is 71.7 Å². The predicted molar refractivity (Wildman–Crippen MR) is 136 cm³/mol. The van der Waals surface area contributed by atoms with E-state index in [1.165, 1.54) is 41.6 Å². The van der Waals surface area contributed by atoms with E-state index in [1.807, 2.05) is 18.2 Å². The summed E-state index contributed by atoms with van der Waals surface area (Å²) in [6, 6.07) is 17.2. The SMILES string of the molecule is Cn1nnc(-c2ccc([C@]3(c4ccc(OCC5(C(=N)N)C=CC=CO5)cc4)C[C@@H]4CC[C@H]3C4)cc2)n1. The van der Waals surface area contributed by atoms with Gasteiger partial charge in [0.2, 0.25) is 11.4 Å². The number of nitrogens with one attached hydrogen (secondary N) is 1. The first-order valence-electron chi connectivity index (χ1n) is 12.4. The molecular formula is C28H30N6O2. The first-order chi connectivity index (χ1) is 17.5. The number of ether oxygens (including phenoxy) is 2. The number of aromatic nitrogens is 4. The third-order valence-corrected chi connectivity index (χ3v) is 8.13. The molecule has 0 radical (unpaired) electrons. The van der Waals surface area contributed by atoms with Crippen LogP contribution in [0.15, 0.2) is 73.0 Å². The van der Waals surface area contributed by atoms with Crippen LogP contribution in [0.2, 0.25) is 0 Å². The molecule has 1 aliphatic heterocycles. The van der Waals surface area contributed by atoms with Gasteiger partial charge in [-0.15, -0.1) is 10.2 Å². The number of aryl methyl sites for hydroxylation is 1. The zero-order valence-electron chi connectivity index (χ0n) is 20.3. The van der Waals surface area contributed by atoms with Crippen LogP contribution in [0.1, 0.15) is 36.8 Å². The lowest BCUT2D eigenvalue weighted by atomic mass is 9.64. The maximum Gasteiger partial charge on any atom is 0.216 e. The molecule has 3 aromatic rings. The summed E-state index contributed by atoms with van der Waals surface area (Å²) in [6.45, 7) is 0.135. The quantitative estimate of drug-likeness (QED) is 0.387. The van der Waals surface area contributed by atoms with Crippen molar-refractivity contribution in [3.05, 3.63) is 84.1 Å². The lowest BCUT2D eigenvalue weighted by molar-refractivity contribution is 0.0729. The van der Waals surface area contributed by atoms with E-state index in [4.69, 9.17) is 20.6 Å². The molecule has 3 aliphatic rings. The monoisotopic (exact) mass is 482 g/mol. The van der Waals surface area contributed by atoms with Gasteiger partial charge in [-0.1, -0.05) is 48.9 Å². The van der Waals surface area contributed by atoms with Crippen LogP contribution >= 0.6 is 0 Å². The molecule has 1 unspecified atom stereocenters. The van der Waals surface area contributed by atoms with Gasteiger partial charge in [-0.3, -0.25) is 5.41 Å². The summed E-state index contributed by atoms with van der Waals surface area (Å²) >= 11 is 0. The molecule has 2 bridgehead atoms. The normalized spacial score (nSPS) is 28.2. The molecule has 0 spiro atoms. The predicted octanol–water partition coefficient (Wildman–Crippen LogP) is 4.14. The van der Waals surface area contributed by atoms with Crippen molar-refractivity contribution < 1.29 is 9.47 Å². The van der Waals surface area contributed by atoms with Gasteiger partial charge in [0, 0.05) is 11.0 Å². The van der Waals surface area contributed by atoms with E-state index >= 15 is 0 Å². The van der Waals surface area contributed by atoms with Crippen molar-refractivity contribution in [2.75, 3.05) is 6.61 Å². The average molecular weight is 483 g/mol. The van der Waals surface area contributed by atoms with Crippen molar-refractivity contribution in [1.29, 1.82) is 5.41 Å². The Balaban J connectivity index is 1.27. The van der Waals surface area contributed by atoms with Crippen molar-refractivity contribution in [3.8, 4) is 17.1 Å². The zero-order chi connectivity index (χ0) is 24.8. The average Bonchev–Trinajstić information content (AvgIpc) is 3.65. The minimum Gasteiger partial charge on any atom is -0.489 e. The van der Waals surface area contributed by atoms with E-state index in [0.717, 1.165) is 17.2 Å². The number of nitrogens with two attached hydrogens (primary N) is 1. The topological polar surface area (TPSA) is 112 Å². The summed E-state index contributed by atoms with van der Waals surface area (Å²) in [5.41, 5.74) is 8.39. The van der Waals surface area contributed by atoms with E-state index < -0.39 is 5.60 Å². The summed E-state index contributed by atoms with van der Waals surface area (Å²) in [7, 11) is 1.78. The molecule has 0 saturated heterocycles. The number of hydrogen-bond acceptors (Lipinski definition) is 6. The molecule has 2 aliphatic carbocycles. The fourth-order valence-electron chi connectivity index (χ4n) is 6.33. The lowest BCUT2D eigenvalue weighted by Gasteiger charge is -2.39. The van der Waals surface area contributed by atoms with Crippen molar-refractivity contribution in [2.45, 2.75) is 36.7 Å². The molecule has 2 aromatic carbocycles. The van der Waals surface area contributed by atoms with E-state index in [2.05, 4.69) is 51.8 Å². The van der Waals surface area contributed by atoms with E-state index in [1.54, 1.807) is 25.5 Å². The van der Waals surface area contributed by atoms with Gasteiger partial charge < -0.3 is 15.2 Å². The number of amidine groups is 1. The molecule has 2 heterocycles. The number of allylic oxidation sites excluding steroid dienone is 2. The molecule has 4 atom stereocenters. The van der Waals surface area contributed by atoms with Crippen molar-refractivity contribution in [1.82, 2.24) is 20.2 Å². The molecule has 6 rings (SSSR count). The number of tetrazole rings is 1. The maximum atomic E-state index is 7.96. The standard InChI is InChI=1S/C28H30N6O2/c1-34-32-25(31-33-34)20-5-8-21(9-6-20)28(17-19-4-7-23(28)16-19)22-10-12-24(13-11-22)35-18-27(26(29)30)14-2-3-15-36-27/h2-3,5-6,8-15,19,23H,4,7,16-18H2,1H3,(H3,29,30)/t19-,23+,27?,28+/m1/s1. The van der Waals surface area contributed by atoms with Gasteiger partial charge in [0.15, 0.2) is 0 Å². The van der Waals surface area contributed by atoms with Gasteiger partial charge in [-0.25, -0.2) is 0 Å². The first kappa shape index (κ1) is 22.5. The van der Waals surface area contributed by atoms with Gasteiger partial charge in [0.05, 0.1) is 13.3 Å². The highest BCUT2D eigenvalue weighted by atomic mass is 16.5. The molecule has 1 aromatic heterocycles. The minimum absolute atomic E-state index is 0.00358. The van der Waals surface area contributed by atoms with Crippen molar-refractivity contribution >= 4 is 5.84 Å². The first-order valence-corrected chi connectivity index (χ1v) is 12.4. The van der Waals surface area contributed by atoms with Crippen LogP contribution in [-0.4, -0.2) is 38.3 Å². The Hall–Kier alpha value is -3.94. The molecule has 36 heavy (non-hydrogen) atoms. The Kier molecular flexibility index (Phi) is 5.39. The van der Waals surface area contributed by atoms with E-state index in [9.17, 15) is 0 Å². The molecule has 8 nitrogen and oxygen atoms in total. The fourth-order valence-corrected chi connectivity index (χ4v) is 6.33. The molecule has 2 fully saturated rings. The Morgan fingerprint density at radius 1 is 1.11 bits per heavy atom. The maximum absolute atomic E-state index is 7.96.